The van der Waals surface area contributed by atoms with E-state index in [1.165, 1.54) is 25.3 Å². The average molecular weight is 470 g/mol. The van der Waals surface area contributed by atoms with Crippen LogP contribution in [0.4, 0.5) is 5.69 Å². The normalized spacial score (nSPS) is 10.6. The Balaban J connectivity index is 1.76. The number of hydrogen-bond donors (Lipinski definition) is 1. The molecule has 3 aromatic rings. The number of halogens is 1. The van der Waals surface area contributed by atoms with E-state index in [9.17, 15) is 13.2 Å². The summed E-state index contributed by atoms with van der Waals surface area (Å²) >= 11 is 6.04. The van der Waals surface area contributed by atoms with E-state index in [1.807, 2.05) is 18.2 Å². The van der Waals surface area contributed by atoms with Crippen LogP contribution in [0.15, 0.2) is 77.7 Å². The highest BCUT2D eigenvalue weighted by Crippen LogP contribution is 2.26. The van der Waals surface area contributed by atoms with Gasteiger partial charge in [-0.1, -0.05) is 41.6 Å². The van der Waals surface area contributed by atoms with Crippen molar-refractivity contribution in [2.24, 2.45) is 0 Å². The van der Waals surface area contributed by atoms with Gasteiger partial charge in [0.05, 0.1) is 29.7 Å². The number of esters is 1. The molecule has 3 rings (SSSR count). The van der Waals surface area contributed by atoms with Crippen molar-refractivity contribution in [3.05, 3.63) is 83.4 Å². The Kier molecular flexibility index (Phi) is 7.77. The number of ether oxygens (including phenoxy) is 2. The van der Waals surface area contributed by atoms with Gasteiger partial charge in [-0.2, -0.15) is 0 Å². The Hall–Kier alpha value is -3.47. The van der Waals surface area contributed by atoms with Crippen LogP contribution in [-0.2, 0) is 19.6 Å². The van der Waals surface area contributed by atoms with Crippen LogP contribution in [0.2, 0.25) is 5.02 Å². The molecule has 0 aromatic heterocycles. The molecule has 3 aromatic carbocycles. The predicted molar refractivity (Wildman–Crippen MR) is 123 cm³/mol. The molecule has 0 unspecified atom stereocenters. The number of para-hydroxylation sites is 1. The molecular weight excluding hydrogens is 450 g/mol. The van der Waals surface area contributed by atoms with E-state index in [4.69, 9.17) is 16.3 Å². The fourth-order valence-electron chi connectivity index (χ4n) is 2.65. The lowest BCUT2D eigenvalue weighted by atomic mass is 10.2. The van der Waals surface area contributed by atoms with E-state index in [2.05, 4.69) is 21.3 Å². The number of rotatable bonds is 7. The molecule has 0 saturated heterocycles. The monoisotopic (exact) mass is 469 g/mol. The molecule has 0 aliphatic carbocycles. The van der Waals surface area contributed by atoms with Gasteiger partial charge in [-0.25, -0.2) is 8.42 Å². The second-order valence-electron chi connectivity index (χ2n) is 6.56. The number of hydrogen-bond acceptors (Lipinski definition) is 5. The Morgan fingerprint density at radius 3 is 2.38 bits per heavy atom. The van der Waals surface area contributed by atoms with Gasteiger partial charge in [0.1, 0.15) is 11.5 Å². The first kappa shape index (κ1) is 23.2. The minimum atomic E-state index is -3.88. The van der Waals surface area contributed by atoms with Crippen molar-refractivity contribution in [3.63, 3.8) is 0 Å². The van der Waals surface area contributed by atoms with Crippen LogP contribution < -0.4 is 9.46 Å². The third kappa shape index (κ3) is 6.51. The third-order valence-electron chi connectivity index (χ3n) is 4.24. The summed E-state index contributed by atoms with van der Waals surface area (Å²) in [7, 11) is -2.57. The highest BCUT2D eigenvalue weighted by atomic mass is 35.5. The molecule has 0 atom stereocenters. The van der Waals surface area contributed by atoms with Crippen molar-refractivity contribution in [2.75, 3.05) is 11.8 Å². The van der Waals surface area contributed by atoms with Crippen molar-refractivity contribution in [3.8, 4) is 23.3 Å². The number of carbonyl (C=O) groups excluding carboxylic acids is 1. The van der Waals surface area contributed by atoms with Crippen LogP contribution in [0.3, 0.4) is 0 Å². The van der Waals surface area contributed by atoms with Crippen LogP contribution in [0.1, 0.15) is 18.4 Å². The molecular formula is C24H20ClNO5S. The maximum Gasteiger partial charge on any atom is 0.306 e. The summed E-state index contributed by atoms with van der Waals surface area (Å²) in [5, 5.41) is 0.410. The lowest BCUT2D eigenvalue weighted by Gasteiger charge is -2.11. The van der Waals surface area contributed by atoms with E-state index >= 15 is 0 Å². The highest BCUT2D eigenvalue weighted by molar-refractivity contribution is 7.92. The second kappa shape index (κ2) is 10.7. The van der Waals surface area contributed by atoms with Crippen LogP contribution >= 0.6 is 11.6 Å². The van der Waals surface area contributed by atoms with Gasteiger partial charge in [0, 0.05) is 11.4 Å². The van der Waals surface area contributed by atoms with Crippen molar-refractivity contribution >= 4 is 33.3 Å². The summed E-state index contributed by atoms with van der Waals surface area (Å²) in [6.45, 7) is 0. The summed E-state index contributed by atoms with van der Waals surface area (Å²) < 4.78 is 38.6. The molecule has 0 aliphatic heterocycles. The van der Waals surface area contributed by atoms with E-state index in [0.717, 1.165) is 0 Å². The first-order valence-electron chi connectivity index (χ1n) is 9.58. The van der Waals surface area contributed by atoms with E-state index < -0.39 is 10.0 Å². The Morgan fingerprint density at radius 2 is 1.69 bits per heavy atom. The zero-order valence-corrected chi connectivity index (χ0v) is 18.7. The maximum atomic E-state index is 12.9. The van der Waals surface area contributed by atoms with Crippen LogP contribution in [0.5, 0.6) is 11.5 Å². The van der Waals surface area contributed by atoms with Gasteiger partial charge in [-0.15, -0.1) is 0 Å². The summed E-state index contributed by atoms with van der Waals surface area (Å²) in [6.07, 6.45) is 0.413. The zero-order chi connectivity index (χ0) is 23.0. The van der Waals surface area contributed by atoms with Crippen molar-refractivity contribution in [1.29, 1.82) is 0 Å². The van der Waals surface area contributed by atoms with Gasteiger partial charge in [0.25, 0.3) is 10.0 Å². The molecule has 0 radical (unpaired) electrons. The van der Waals surface area contributed by atoms with E-state index in [0.29, 0.717) is 22.1 Å². The maximum absolute atomic E-state index is 12.9. The van der Waals surface area contributed by atoms with Gasteiger partial charge in [-0.05, 0) is 54.6 Å². The minimum absolute atomic E-state index is 0.0671. The zero-order valence-electron chi connectivity index (χ0n) is 17.2. The molecule has 0 bridgehead atoms. The van der Waals surface area contributed by atoms with Crippen LogP contribution in [0, 0.1) is 11.8 Å². The molecule has 0 fully saturated rings. The van der Waals surface area contributed by atoms with Crippen molar-refractivity contribution < 1.29 is 22.7 Å². The number of anilines is 1. The van der Waals surface area contributed by atoms with Gasteiger partial charge in [0.15, 0.2) is 0 Å². The number of benzene rings is 3. The predicted octanol–water partition coefficient (Wildman–Crippen LogP) is 5.24. The van der Waals surface area contributed by atoms with E-state index in [1.54, 1.807) is 36.4 Å². The van der Waals surface area contributed by atoms with Gasteiger partial charge in [0.2, 0.25) is 0 Å². The molecule has 0 aliphatic rings. The Morgan fingerprint density at radius 1 is 1.00 bits per heavy atom. The molecule has 0 spiro atoms. The SMILES string of the molecule is COC(=O)CCC#Cc1cc(Cl)ccc1NS(=O)(=O)c1ccc(Oc2ccccc2)cc1. The molecule has 0 saturated carbocycles. The fraction of sp³-hybridized carbons (Fsp3) is 0.125. The first-order chi connectivity index (χ1) is 15.4. The summed E-state index contributed by atoms with van der Waals surface area (Å²) in [5.41, 5.74) is 0.680. The summed E-state index contributed by atoms with van der Waals surface area (Å²) in [4.78, 5) is 11.3. The standard InChI is InChI=1S/C24H20ClNO5S/c1-30-24(27)10-6-5-7-18-17-19(25)11-16-23(18)26-32(28,29)22-14-12-21(13-15-22)31-20-8-3-2-4-9-20/h2-4,8-9,11-17,26H,6,10H2,1H3. The second-order valence-corrected chi connectivity index (χ2v) is 8.68. The number of carbonyl (C=O) groups is 1. The molecule has 8 heteroatoms. The first-order valence-corrected chi connectivity index (χ1v) is 11.4. The lowest BCUT2D eigenvalue weighted by Crippen LogP contribution is -2.13. The molecule has 0 amide bonds. The quantitative estimate of drug-likeness (QED) is 0.378. The van der Waals surface area contributed by atoms with Crippen LogP contribution in [-0.4, -0.2) is 21.5 Å². The molecule has 32 heavy (non-hydrogen) atoms. The minimum Gasteiger partial charge on any atom is -0.469 e. The summed E-state index contributed by atoms with van der Waals surface area (Å²) in [6, 6.07) is 19.9. The lowest BCUT2D eigenvalue weighted by molar-refractivity contribution is -0.140. The molecule has 164 valence electrons. The number of nitrogens with one attached hydrogen (secondary N) is 1. The van der Waals surface area contributed by atoms with E-state index in [-0.39, 0.29) is 29.4 Å². The Bertz CT molecular complexity index is 1250. The largest absolute Gasteiger partial charge is 0.469 e. The summed E-state index contributed by atoms with van der Waals surface area (Å²) in [5.74, 6) is 6.48. The number of methoxy groups -OCH3 is 1. The number of sulfonamides is 1. The van der Waals surface area contributed by atoms with Crippen molar-refractivity contribution in [1.82, 2.24) is 0 Å². The average Bonchev–Trinajstić information content (AvgIpc) is 2.79. The molecule has 0 heterocycles. The topological polar surface area (TPSA) is 81.7 Å². The smallest absolute Gasteiger partial charge is 0.306 e. The van der Waals surface area contributed by atoms with Gasteiger partial charge >= 0.3 is 5.97 Å². The fourth-order valence-corrected chi connectivity index (χ4v) is 3.90. The van der Waals surface area contributed by atoms with Gasteiger partial charge in [-0.3, -0.25) is 9.52 Å². The Labute approximate surface area is 192 Å². The van der Waals surface area contributed by atoms with Crippen molar-refractivity contribution in [2.45, 2.75) is 17.7 Å². The third-order valence-corrected chi connectivity index (χ3v) is 5.86. The van der Waals surface area contributed by atoms with Crippen LogP contribution in [0.25, 0.3) is 0 Å². The highest BCUT2D eigenvalue weighted by Gasteiger charge is 2.16. The van der Waals surface area contributed by atoms with Gasteiger partial charge < -0.3 is 9.47 Å². The molecule has 1 N–H and O–H groups in total. The molecule has 6 nitrogen and oxygen atoms in total.